The maximum absolute atomic E-state index is 13.0. The first-order chi connectivity index (χ1) is 15.2. The number of anilines is 1. The molecule has 0 aromatic carbocycles. The second kappa shape index (κ2) is 10.6. The highest BCUT2D eigenvalue weighted by Crippen LogP contribution is 2.34. The van der Waals surface area contributed by atoms with Crippen molar-refractivity contribution in [3.63, 3.8) is 0 Å². The van der Waals surface area contributed by atoms with Crippen LogP contribution in [0, 0.1) is 5.82 Å². The lowest BCUT2D eigenvalue weighted by molar-refractivity contribution is 0.0406. The molecule has 3 atom stereocenters. The first kappa shape index (κ1) is 24.4. The molecule has 0 aliphatic carbocycles. The van der Waals surface area contributed by atoms with E-state index in [0.29, 0.717) is 5.82 Å². The molecule has 0 radical (unpaired) electrons. The number of hydrogen-bond acceptors (Lipinski definition) is 9. The average Bonchev–Trinajstić information content (AvgIpc) is 3.35. The van der Waals surface area contributed by atoms with E-state index in [1.165, 1.54) is 6.92 Å². The molecule has 0 bridgehead atoms. The van der Waals surface area contributed by atoms with Crippen molar-refractivity contribution in [1.29, 1.82) is 0 Å². The van der Waals surface area contributed by atoms with Crippen molar-refractivity contribution < 1.29 is 27.0 Å². The molecule has 1 N–H and O–H groups in total. The predicted molar refractivity (Wildman–Crippen MR) is 113 cm³/mol. The van der Waals surface area contributed by atoms with Gasteiger partial charge in [0.2, 0.25) is 16.0 Å². The van der Waals surface area contributed by atoms with Gasteiger partial charge in [0.25, 0.3) is 0 Å². The van der Waals surface area contributed by atoms with E-state index >= 15 is 0 Å². The molecule has 178 valence electrons. The summed E-state index contributed by atoms with van der Waals surface area (Å²) in [4.78, 5) is 7.67. The van der Waals surface area contributed by atoms with Gasteiger partial charge in [0.1, 0.15) is 11.9 Å². The molecule has 1 aliphatic heterocycles. The summed E-state index contributed by atoms with van der Waals surface area (Å²) in [5.41, 5.74) is 0. The lowest BCUT2D eigenvalue weighted by Gasteiger charge is -2.23. The molecule has 3 heterocycles. The highest BCUT2D eigenvalue weighted by atomic mass is 32.2. The first-order valence-electron chi connectivity index (χ1n) is 10.3. The third kappa shape index (κ3) is 5.77. The van der Waals surface area contributed by atoms with Crippen molar-refractivity contribution in [2.24, 2.45) is 0 Å². The van der Waals surface area contributed by atoms with E-state index in [9.17, 15) is 12.8 Å². The lowest BCUT2D eigenvalue weighted by atomic mass is 10.2. The molecular weight excluding hydrogens is 443 g/mol. The van der Waals surface area contributed by atoms with Crippen LogP contribution in [0.25, 0.3) is 0 Å². The lowest BCUT2D eigenvalue weighted by Crippen LogP contribution is -2.31. The van der Waals surface area contributed by atoms with Crippen molar-refractivity contribution >= 4 is 16.0 Å². The van der Waals surface area contributed by atoms with Gasteiger partial charge in [-0.3, -0.25) is 9.29 Å². The summed E-state index contributed by atoms with van der Waals surface area (Å²) in [6.45, 7) is 4.01. The summed E-state index contributed by atoms with van der Waals surface area (Å²) >= 11 is 0. The standard InChI is InChI=1S/C19H29FN6O5S/c1-12-5-6-16(31-12)18-23-24-19(26(18)15(10-29-3)11-30-4)25-32(27,28)13(2)7-17-21-8-14(20)9-22-17/h8-9,12-13,15-16H,5-7,10-11H2,1-4H3,(H,24,25)/t12-,13-,16-/m0/s1. The molecule has 0 spiro atoms. The third-order valence-electron chi connectivity index (χ3n) is 5.23. The second-order valence-electron chi connectivity index (χ2n) is 7.81. The van der Waals surface area contributed by atoms with Crippen molar-refractivity contribution in [2.45, 2.75) is 56.6 Å². The van der Waals surface area contributed by atoms with Crippen molar-refractivity contribution in [3.8, 4) is 0 Å². The number of nitrogens with zero attached hydrogens (tertiary/aromatic N) is 5. The van der Waals surface area contributed by atoms with Gasteiger partial charge in [0.05, 0.1) is 43.0 Å². The van der Waals surface area contributed by atoms with Gasteiger partial charge >= 0.3 is 0 Å². The monoisotopic (exact) mass is 472 g/mol. The Bertz CT molecular complexity index is 981. The van der Waals surface area contributed by atoms with Crippen LogP contribution >= 0.6 is 0 Å². The summed E-state index contributed by atoms with van der Waals surface area (Å²) in [5, 5.41) is 7.44. The molecule has 2 aromatic rings. The van der Waals surface area contributed by atoms with Gasteiger partial charge in [0.15, 0.2) is 11.6 Å². The highest BCUT2D eigenvalue weighted by molar-refractivity contribution is 7.93. The first-order valence-corrected chi connectivity index (χ1v) is 11.9. The van der Waals surface area contributed by atoms with Crippen molar-refractivity contribution in [1.82, 2.24) is 24.7 Å². The summed E-state index contributed by atoms with van der Waals surface area (Å²) in [6.07, 6.45) is 3.38. The van der Waals surface area contributed by atoms with E-state index in [-0.39, 0.29) is 49.7 Å². The number of sulfonamides is 1. The van der Waals surface area contributed by atoms with E-state index in [0.717, 1.165) is 25.2 Å². The molecule has 3 rings (SSSR count). The maximum atomic E-state index is 13.0. The number of ether oxygens (including phenoxy) is 3. The van der Waals surface area contributed by atoms with Gasteiger partial charge < -0.3 is 14.2 Å². The third-order valence-corrected chi connectivity index (χ3v) is 6.93. The van der Waals surface area contributed by atoms with Gasteiger partial charge in [-0.25, -0.2) is 22.8 Å². The van der Waals surface area contributed by atoms with Crippen molar-refractivity contribution in [3.05, 3.63) is 29.9 Å². The van der Waals surface area contributed by atoms with Gasteiger partial charge in [-0.05, 0) is 26.7 Å². The molecular formula is C19H29FN6O5S. The number of hydrogen-bond donors (Lipinski definition) is 1. The summed E-state index contributed by atoms with van der Waals surface area (Å²) in [5.74, 6) is 0.194. The average molecular weight is 473 g/mol. The van der Waals surface area contributed by atoms with E-state index in [1.54, 1.807) is 18.8 Å². The van der Waals surface area contributed by atoms with Gasteiger partial charge in [-0.15, -0.1) is 10.2 Å². The van der Waals surface area contributed by atoms with Crippen LogP contribution in [0.4, 0.5) is 10.3 Å². The largest absolute Gasteiger partial charge is 0.382 e. The Balaban J connectivity index is 1.88. The molecule has 0 amide bonds. The molecule has 0 unspecified atom stereocenters. The minimum atomic E-state index is -3.90. The Morgan fingerprint density at radius 2 is 1.88 bits per heavy atom. The Hall–Kier alpha value is -2.22. The molecule has 32 heavy (non-hydrogen) atoms. The molecule has 0 saturated carbocycles. The van der Waals surface area contributed by atoms with Crippen LogP contribution in [-0.2, 0) is 30.7 Å². The minimum absolute atomic E-state index is 0.000566. The van der Waals surface area contributed by atoms with Gasteiger partial charge in [0, 0.05) is 20.6 Å². The number of nitrogens with one attached hydrogen (secondary N) is 1. The van der Waals surface area contributed by atoms with E-state index in [1.807, 2.05) is 6.92 Å². The SMILES string of the molecule is COCC(COC)n1c(NS(=O)(=O)[C@@H](C)Cc2ncc(F)cn2)nnc1[C@@H]1CC[C@H](C)O1. The Kier molecular flexibility index (Phi) is 8.09. The zero-order valence-corrected chi connectivity index (χ0v) is 19.4. The fourth-order valence-electron chi connectivity index (χ4n) is 3.57. The molecule has 2 aromatic heterocycles. The maximum Gasteiger partial charge on any atom is 0.238 e. The van der Waals surface area contributed by atoms with Crippen molar-refractivity contribution in [2.75, 3.05) is 32.2 Å². The normalized spacial score (nSPS) is 20.1. The quantitative estimate of drug-likeness (QED) is 0.519. The fraction of sp³-hybridized carbons (Fsp3) is 0.684. The van der Waals surface area contributed by atoms with E-state index in [2.05, 4.69) is 24.9 Å². The summed E-state index contributed by atoms with van der Waals surface area (Å²) in [6, 6.07) is -0.372. The highest BCUT2D eigenvalue weighted by Gasteiger charge is 2.33. The van der Waals surface area contributed by atoms with Crippen LogP contribution in [-0.4, -0.2) is 71.9 Å². The van der Waals surface area contributed by atoms with Crippen LogP contribution in [0.2, 0.25) is 0 Å². The van der Waals surface area contributed by atoms with Crippen LogP contribution in [0.5, 0.6) is 0 Å². The van der Waals surface area contributed by atoms with Crippen LogP contribution in [0.1, 0.15) is 50.5 Å². The molecule has 1 aliphatic rings. The Morgan fingerprint density at radius 1 is 1.22 bits per heavy atom. The molecule has 13 heteroatoms. The number of rotatable bonds is 11. The van der Waals surface area contributed by atoms with Gasteiger partial charge in [-0.2, -0.15) is 0 Å². The second-order valence-corrected chi connectivity index (χ2v) is 9.91. The number of aromatic nitrogens is 5. The molecule has 1 saturated heterocycles. The van der Waals surface area contributed by atoms with Crippen LogP contribution < -0.4 is 4.72 Å². The zero-order valence-electron chi connectivity index (χ0n) is 18.6. The zero-order chi connectivity index (χ0) is 23.3. The topological polar surface area (TPSA) is 130 Å². The summed E-state index contributed by atoms with van der Waals surface area (Å²) in [7, 11) is -0.796. The minimum Gasteiger partial charge on any atom is -0.382 e. The smallest absolute Gasteiger partial charge is 0.238 e. The predicted octanol–water partition coefficient (Wildman–Crippen LogP) is 1.65. The Morgan fingerprint density at radius 3 is 2.44 bits per heavy atom. The van der Waals surface area contributed by atoms with Gasteiger partial charge in [-0.1, -0.05) is 0 Å². The summed E-state index contributed by atoms with van der Waals surface area (Å²) < 4.78 is 59.9. The molecule has 11 nitrogen and oxygen atoms in total. The number of halogens is 1. The fourth-order valence-corrected chi connectivity index (χ4v) is 4.53. The van der Waals surface area contributed by atoms with Crippen LogP contribution in [0.15, 0.2) is 12.4 Å². The molecule has 1 fully saturated rings. The van der Waals surface area contributed by atoms with Crippen LogP contribution in [0.3, 0.4) is 0 Å². The Labute approximate surface area is 186 Å². The van der Waals surface area contributed by atoms with E-state index in [4.69, 9.17) is 14.2 Å². The van der Waals surface area contributed by atoms with E-state index < -0.39 is 21.1 Å². The number of methoxy groups -OCH3 is 2.